The highest BCUT2D eigenvalue weighted by molar-refractivity contribution is 7.98. The molecule has 2 aromatic carbocycles. The van der Waals surface area contributed by atoms with E-state index in [0.29, 0.717) is 5.56 Å². The van der Waals surface area contributed by atoms with Crippen molar-refractivity contribution in [3.63, 3.8) is 0 Å². The van der Waals surface area contributed by atoms with Crippen LogP contribution in [0.25, 0.3) is 0 Å². The summed E-state index contributed by atoms with van der Waals surface area (Å²) in [5.41, 5.74) is 0.870. The first-order valence-corrected chi connectivity index (χ1v) is 10.1. The van der Waals surface area contributed by atoms with Crippen molar-refractivity contribution in [2.24, 2.45) is 0 Å². The van der Waals surface area contributed by atoms with Crippen LogP contribution < -0.4 is 0 Å². The lowest BCUT2D eigenvalue weighted by atomic mass is 9.98. The van der Waals surface area contributed by atoms with Crippen molar-refractivity contribution < 1.29 is 24.0 Å². The second-order valence-corrected chi connectivity index (χ2v) is 6.78. The van der Waals surface area contributed by atoms with Crippen molar-refractivity contribution in [2.75, 3.05) is 19.4 Å². The maximum atomic E-state index is 12.4. The minimum absolute atomic E-state index is 0.0708. The Balaban J connectivity index is 2.38. The van der Waals surface area contributed by atoms with Gasteiger partial charge in [-0.1, -0.05) is 30.3 Å². The second-order valence-electron chi connectivity index (χ2n) is 5.90. The van der Waals surface area contributed by atoms with Gasteiger partial charge in [0.15, 0.2) is 0 Å². The molecule has 0 radical (unpaired) electrons. The summed E-state index contributed by atoms with van der Waals surface area (Å²) in [6.07, 6.45) is 3.20. The Morgan fingerprint density at radius 2 is 1.79 bits per heavy atom. The van der Waals surface area contributed by atoms with E-state index in [1.165, 1.54) is 6.08 Å². The highest BCUT2D eigenvalue weighted by Crippen LogP contribution is 2.24. The quantitative estimate of drug-likeness (QED) is 0.152. The molecule has 0 saturated carbocycles. The smallest absolute Gasteiger partial charge is 0.374 e. The molecule has 0 aliphatic rings. The van der Waals surface area contributed by atoms with E-state index < -0.39 is 29.3 Å². The summed E-state index contributed by atoms with van der Waals surface area (Å²) in [5, 5.41) is 11.2. The van der Waals surface area contributed by atoms with Crippen molar-refractivity contribution in [2.45, 2.75) is 17.7 Å². The zero-order chi connectivity index (χ0) is 21.2. The van der Waals surface area contributed by atoms with E-state index in [9.17, 15) is 19.7 Å². The normalized spacial score (nSPS) is 12.1. The number of nitrogens with zero attached hydrogens (tertiary/aromatic N) is 1. The van der Waals surface area contributed by atoms with E-state index in [0.717, 1.165) is 4.90 Å². The average molecular weight is 415 g/mol. The zero-order valence-electron chi connectivity index (χ0n) is 16.1. The van der Waals surface area contributed by atoms with Gasteiger partial charge >= 0.3 is 11.9 Å². The Labute approximate surface area is 172 Å². The summed E-state index contributed by atoms with van der Waals surface area (Å²) in [7, 11) is 0. The Bertz CT molecular complexity index is 880. The van der Waals surface area contributed by atoms with Crippen LogP contribution in [-0.2, 0) is 14.3 Å². The molecule has 0 aliphatic heterocycles. The summed E-state index contributed by atoms with van der Waals surface area (Å²) in [6.45, 7) is 1.22. The van der Waals surface area contributed by atoms with Crippen molar-refractivity contribution in [1.82, 2.24) is 0 Å². The predicted molar refractivity (Wildman–Crippen MR) is 109 cm³/mol. The second kappa shape index (κ2) is 11.0. The van der Waals surface area contributed by atoms with Crippen molar-refractivity contribution >= 4 is 23.7 Å². The predicted octanol–water partition coefficient (Wildman–Crippen LogP) is 4.07. The maximum absolute atomic E-state index is 12.4. The highest BCUT2D eigenvalue weighted by atomic mass is 32.2. The molecule has 0 aliphatic carbocycles. The summed E-state index contributed by atoms with van der Waals surface area (Å²) in [6, 6.07) is 15.3. The number of rotatable bonds is 9. The van der Waals surface area contributed by atoms with Crippen LogP contribution in [0.15, 0.2) is 71.3 Å². The Hall–Kier alpha value is -3.13. The summed E-state index contributed by atoms with van der Waals surface area (Å²) in [5.74, 6) is -2.75. The monoisotopic (exact) mass is 415 g/mol. The first kappa shape index (κ1) is 22.2. The molecule has 2 rings (SSSR count). The molecule has 0 saturated heterocycles. The van der Waals surface area contributed by atoms with Crippen LogP contribution in [0.5, 0.6) is 0 Å². The molecular weight excluding hydrogens is 394 g/mol. The number of nitro groups is 1. The van der Waals surface area contributed by atoms with E-state index in [1.54, 1.807) is 61.2 Å². The number of thioether (sulfide) groups is 1. The number of hydrogen-bond acceptors (Lipinski definition) is 7. The van der Waals surface area contributed by atoms with Gasteiger partial charge in [-0.05, 0) is 49.1 Å². The molecule has 0 bridgehead atoms. The number of esters is 2. The van der Waals surface area contributed by atoms with E-state index >= 15 is 0 Å². The van der Waals surface area contributed by atoms with Crippen LogP contribution >= 0.6 is 11.8 Å². The van der Waals surface area contributed by atoms with Crippen molar-refractivity contribution in [3.8, 4) is 0 Å². The number of carbonyl (C=O) groups excluding carboxylic acids is 2. The molecule has 0 spiro atoms. The van der Waals surface area contributed by atoms with E-state index in [2.05, 4.69) is 0 Å². The number of benzene rings is 2. The SMILES string of the molecule is CCOC(=O)/C(=C/[C@H](C[N+](=O)[O-])c1ccc(SC)cc1)OC(=O)c1ccccc1. The van der Waals surface area contributed by atoms with Gasteiger partial charge < -0.3 is 9.47 Å². The standard InChI is InChI=1S/C21H21NO6S/c1-3-27-21(24)19(28-20(23)16-7-5-4-6-8-16)13-17(14-22(25)26)15-9-11-18(29-2)12-10-15/h4-13,17H,3,14H2,1-2H3/b19-13-/t17-/m1/s1. The fourth-order valence-electron chi connectivity index (χ4n) is 2.53. The summed E-state index contributed by atoms with van der Waals surface area (Å²) in [4.78, 5) is 36.4. The van der Waals surface area contributed by atoms with Crippen LogP contribution in [0, 0.1) is 10.1 Å². The van der Waals surface area contributed by atoms with Crippen LogP contribution in [0.2, 0.25) is 0 Å². The van der Waals surface area contributed by atoms with E-state index in [-0.39, 0.29) is 17.9 Å². The minimum Gasteiger partial charge on any atom is -0.460 e. The molecular formula is C21H21NO6S. The van der Waals surface area contributed by atoms with Gasteiger partial charge in [0.25, 0.3) is 0 Å². The van der Waals surface area contributed by atoms with Gasteiger partial charge in [0, 0.05) is 9.82 Å². The fraction of sp³-hybridized carbons (Fsp3) is 0.238. The van der Waals surface area contributed by atoms with Gasteiger partial charge in [-0.25, -0.2) is 9.59 Å². The average Bonchev–Trinajstić information content (AvgIpc) is 2.73. The summed E-state index contributed by atoms with van der Waals surface area (Å²) < 4.78 is 10.2. The lowest BCUT2D eigenvalue weighted by molar-refractivity contribution is -0.481. The first-order chi connectivity index (χ1) is 13.9. The van der Waals surface area contributed by atoms with Crippen LogP contribution in [0.4, 0.5) is 0 Å². The third-order valence-corrected chi connectivity index (χ3v) is 4.67. The molecule has 2 aromatic rings. The van der Waals surface area contributed by atoms with Crippen LogP contribution in [-0.4, -0.2) is 36.3 Å². The molecule has 1 atom stereocenters. The molecule has 152 valence electrons. The van der Waals surface area contributed by atoms with Gasteiger partial charge in [-0.2, -0.15) is 0 Å². The number of ether oxygens (including phenoxy) is 2. The largest absolute Gasteiger partial charge is 0.460 e. The van der Waals surface area contributed by atoms with Crippen molar-refractivity contribution in [1.29, 1.82) is 0 Å². The number of carbonyl (C=O) groups is 2. The van der Waals surface area contributed by atoms with Crippen LogP contribution in [0.1, 0.15) is 28.8 Å². The third kappa shape index (κ3) is 6.76. The molecule has 0 heterocycles. The molecule has 0 amide bonds. The van der Waals surface area contributed by atoms with E-state index in [1.807, 2.05) is 18.4 Å². The Morgan fingerprint density at radius 3 is 2.34 bits per heavy atom. The topological polar surface area (TPSA) is 95.7 Å². The van der Waals surface area contributed by atoms with E-state index in [4.69, 9.17) is 9.47 Å². The summed E-state index contributed by atoms with van der Waals surface area (Å²) >= 11 is 1.54. The van der Waals surface area contributed by atoms with Gasteiger partial charge in [0.05, 0.1) is 18.1 Å². The lowest BCUT2D eigenvalue weighted by Crippen LogP contribution is -2.18. The molecule has 29 heavy (non-hydrogen) atoms. The minimum atomic E-state index is -0.856. The molecule has 0 unspecified atom stereocenters. The highest BCUT2D eigenvalue weighted by Gasteiger charge is 2.23. The lowest BCUT2D eigenvalue weighted by Gasteiger charge is -2.13. The van der Waals surface area contributed by atoms with Gasteiger partial charge in [0.2, 0.25) is 12.3 Å². The molecule has 0 N–H and O–H groups in total. The molecule has 7 nitrogen and oxygen atoms in total. The van der Waals surface area contributed by atoms with Gasteiger partial charge in [-0.3, -0.25) is 10.1 Å². The van der Waals surface area contributed by atoms with Gasteiger partial charge in [0.1, 0.15) is 0 Å². The Morgan fingerprint density at radius 1 is 1.14 bits per heavy atom. The fourth-order valence-corrected chi connectivity index (χ4v) is 2.94. The number of hydrogen-bond donors (Lipinski definition) is 0. The van der Waals surface area contributed by atoms with Crippen LogP contribution in [0.3, 0.4) is 0 Å². The molecule has 0 aromatic heterocycles. The first-order valence-electron chi connectivity index (χ1n) is 8.86. The maximum Gasteiger partial charge on any atom is 0.374 e. The van der Waals surface area contributed by atoms with Gasteiger partial charge in [-0.15, -0.1) is 11.8 Å². The molecule has 8 heteroatoms. The van der Waals surface area contributed by atoms with Crippen molar-refractivity contribution in [3.05, 3.63) is 87.7 Å². The zero-order valence-corrected chi connectivity index (χ0v) is 16.9. The molecule has 0 fully saturated rings. The Kier molecular flexibility index (Phi) is 8.42. The third-order valence-electron chi connectivity index (χ3n) is 3.93.